The van der Waals surface area contributed by atoms with Crippen LogP contribution in [0, 0.1) is 0 Å². The van der Waals surface area contributed by atoms with Gasteiger partial charge in [-0.3, -0.25) is 9.20 Å². The normalized spacial score (nSPS) is 11.2. The van der Waals surface area contributed by atoms with Crippen LogP contribution in [0.4, 0.5) is 0 Å². The fourth-order valence-corrected chi connectivity index (χ4v) is 2.95. The third-order valence-corrected chi connectivity index (χ3v) is 3.74. The van der Waals surface area contributed by atoms with Crippen LogP contribution in [-0.2, 0) is 0 Å². The molecule has 3 aromatic rings. The van der Waals surface area contributed by atoms with Crippen molar-refractivity contribution in [2.24, 2.45) is 0 Å². The Kier molecular flexibility index (Phi) is 4.28. The van der Waals surface area contributed by atoms with Gasteiger partial charge in [-0.15, -0.1) is 0 Å². The molecule has 0 aliphatic heterocycles. The number of hydrogen-bond donors (Lipinski definition) is 1. The Labute approximate surface area is 144 Å². The molecule has 118 valence electrons. The summed E-state index contributed by atoms with van der Waals surface area (Å²) < 4.78 is 1.77. The van der Waals surface area contributed by atoms with Gasteiger partial charge in [0.05, 0.1) is 11.2 Å². The molecule has 1 amide bonds. The lowest BCUT2D eigenvalue weighted by Gasteiger charge is -2.06. The maximum Gasteiger partial charge on any atom is 0.287 e. The van der Waals surface area contributed by atoms with Crippen molar-refractivity contribution in [1.82, 2.24) is 14.7 Å². The van der Waals surface area contributed by atoms with Crippen LogP contribution in [0.2, 0.25) is 10.0 Å². The van der Waals surface area contributed by atoms with E-state index in [0.29, 0.717) is 21.6 Å². The number of halogens is 2. The summed E-state index contributed by atoms with van der Waals surface area (Å²) in [5, 5.41) is 3.92. The zero-order valence-electron chi connectivity index (χ0n) is 12.7. The fraction of sp³-hybridized carbons (Fsp3) is 0.176. The molecular weight excluding hydrogens is 333 g/mol. The summed E-state index contributed by atoms with van der Waals surface area (Å²) in [4.78, 5) is 16.9. The maximum absolute atomic E-state index is 12.4. The molecule has 2 aromatic heterocycles. The number of imidazole rings is 1. The van der Waals surface area contributed by atoms with Crippen molar-refractivity contribution in [2.75, 3.05) is 0 Å². The van der Waals surface area contributed by atoms with Gasteiger partial charge in [-0.1, -0.05) is 29.3 Å². The fourth-order valence-electron chi connectivity index (χ4n) is 2.43. The first-order valence-corrected chi connectivity index (χ1v) is 7.95. The van der Waals surface area contributed by atoms with Crippen molar-refractivity contribution < 1.29 is 4.79 Å². The first-order chi connectivity index (χ1) is 11.0. The number of aromatic nitrogens is 2. The van der Waals surface area contributed by atoms with Crippen molar-refractivity contribution >= 4 is 34.6 Å². The summed E-state index contributed by atoms with van der Waals surface area (Å²) in [5.41, 5.74) is 2.26. The van der Waals surface area contributed by atoms with E-state index in [0.717, 1.165) is 11.1 Å². The number of nitrogens with one attached hydrogen (secondary N) is 1. The van der Waals surface area contributed by atoms with Crippen molar-refractivity contribution in [3.63, 3.8) is 0 Å². The minimum absolute atomic E-state index is 0.0302. The van der Waals surface area contributed by atoms with Crippen LogP contribution in [0.15, 0.2) is 42.6 Å². The summed E-state index contributed by atoms with van der Waals surface area (Å²) in [5.74, 6) is 0.112. The van der Waals surface area contributed by atoms with E-state index in [1.807, 2.05) is 38.2 Å². The van der Waals surface area contributed by atoms with Crippen molar-refractivity contribution in [3.05, 3.63) is 58.5 Å². The van der Waals surface area contributed by atoms with E-state index in [1.165, 1.54) is 0 Å². The predicted molar refractivity (Wildman–Crippen MR) is 93.3 cm³/mol. The molecule has 23 heavy (non-hydrogen) atoms. The highest BCUT2D eigenvalue weighted by molar-refractivity contribution is 6.35. The molecule has 0 bridgehead atoms. The third-order valence-electron chi connectivity index (χ3n) is 3.31. The number of nitrogens with zero attached hydrogens (tertiary/aromatic N) is 2. The molecule has 3 rings (SSSR count). The topological polar surface area (TPSA) is 46.4 Å². The van der Waals surface area contributed by atoms with Crippen LogP contribution < -0.4 is 5.32 Å². The second kappa shape index (κ2) is 6.22. The summed E-state index contributed by atoms with van der Waals surface area (Å²) in [6.45, 7) is 3.82. The summed E-state index contributed by atoms with van der Waals surface area (Å²) in [6, 6.07) is 10.9. The van der Waals surface area contributed by atoms with E-state index in [-0.39, 0.29) is 11.9 Å². The molecule has 0 saturated heterocycles. The number of carbonyl (C=O) groups is 1. The Hall–Kier alpha value is -2.04. The Morgan fingerprint density at radius 2 is 1.87 bits per heavy atom. The number of benzene rings is 1. The third kappa shape index (κ3) is 3.19. The predicted octanol–water partition coefficient (Wildman–Crippen LogP) is 4.45. The Morgan fingerprint density at radius 1 is 1.17 bits per heavy atom. The highest BCUT2D eigenvalue weighted by atomic mass is 35.5. The van der Waals surface area contributed by atoms with Gasteiger partial charge in [-0.05, 0) is 44.2 Å². The summed E-state index contributed by atoms with van der Waals surface area (Å²) in [6.07, 6.45) is 1.81. The first kappa shape index (κ1) is 15.8. The molecule has 0 saturated carbocycles. The second-order valence-electron chi connectivity index (χ2n) is 5.53. The molecule has 4 nitrogen and oxygen atoms in total. The van der Waals surface area contributed by atoms with Crippen molar-refractivity contribution in [2.45, 2.75) is 19.9 Å². The van der Waals surface area contributed by atoms with Gasteiger partial charge in [0.1, 0.15) is 0 Å². The quantitative estimate of drug-likeness (QED) is 0.760. The van der Waals surface area contributed by atoms with E-state index in [4.69, 9.17) is 23.2 Å². The molecule has 0 aliphatic rings. The Bertz CT molecular complexity index is 866. The standard InChI is InChI=1S/C17H15Cl2N3O/c1-10(2)20-17(23)16-21-15(14-5-3-4-6-22(14)16)11-7-12(18)9-13(19)8-11/h3-10H,1-2H3,(H,20,23). The van der Waals surface area contributed by atoms with Gasteiger partial charge in [-0.2, -0.15) is 0 Å². The highest BCUT2D eigenvalue weighted by Gasteiger charge is 2.19. The zero-order chi connectivity index (χ0) is 16.6. The van der Waals surface area contributed by atoms with Gasteiger partial charge >= 0.3 is 0 Å². The number of pyridine rings is 1. The van der Waals surface area contributed by atoms with Crippen LogP contribution in [0.5, 0.6) is 0 Å². The van der Waals surface area contributed by atoms with Crippen LogP contribution in [0.1, 0.15) is 24.5 Å². The average Bonchev–Trinajstić information content (AvgIpc) is 2.85. The number of carbonyl (C=O) groups excluding carboxylic acids is 1. The molecule has 0 fully saturated rings. The molecular formula is C17H15Cl2N3O. The molecule has 1 aromatic carbocycles. The minimum Gasteiger partial charge on any atom is -0.347 e. The minimum atomic E-state index is -0.222. The zero-order valence-corrected chi connectivity index (χ0v) is 14.2. The van der Waals surface area contributed by atoms with Crippen LogP contribution >= 0.6 is 23.2 Å². The Morgan fingerprint density at radius 3 is 2.52 bits per heavy atom. The molecule has 6 heteroatoms. The number of amides is 1. The lowest BCUT2D eigenvalue weighted by Crippen LogP contribution is -2.31. The molecule has 1 N–H and O–H groups in total. The first-order valence-electron chi connectivity index (χ1n) is 7.20. The SMILES string of the molecule is CC(C)NC(=O)c1nc(-c2cc(Cl)cc(Cl)c2)c2ccccn12. The summed E-state index contributed by atoms with van der Waals surface area (Å²) in [7, 11) is 0. The highest BCUT2D eigenvalue weighted by Crippen LogP contribution is 2.30. The van der Waals surface area contributed by atoms with Gasteiger partial charge in [0.15, 0.2) is 0 Å². The van der Waals surface area contributed by atoms with E-state index < -0.39 is 0 Å². The monoisotopic (exact) mass is 347 g/mol. The molecule has 0 aliphatic carbocycles. The molecule has 0 unspecified atom stereocenters. The van der Waals surface area contributed by atoms with Gasteiger partial charge in [-0.25, -0.2) is 4.98 Å². The van der Waals surface area contributed by atoms with E-state index in [1.54, 1.807) is 22.6 Å². The molecule has 2 heterocycles. The average molecular weight is 348 g/mol. The van der Waals surface area contributed by atoms with Crippen LogP contribution in [0.3, 0.4) is 0 Å². The maximum atomic E-state index is 12.4. The van der Waals surface area contributed by atoms with Gasteiger partial charge in [0, 0.05) is 27.8 Å². The molecule has 0 spiro atoms. The smallest absolute Gasteiger partial charge is 0.287 e. The van der Waals surface area contributed by atoms with Crippen LogP contribution in [-0.4, -0.2) is 21.3 Å². The van der Waals surface area contributed by atoms with E-state index in [9.17, 15) is 4.79 Å². The number of hydrogen-bond acceptors (Lipinski definition) is 2. The van der Waals surface area contributed by atoms with E-state index in [2.05, 4.69) is 10.3 Å². The van der Waals surface area contributed by atoms with Gasteiger partial charge in [0.2, 0.25) is 5.82 Å². The number of fused-ring (bicyclic) bond motifs is 1. The molecule has 0 radical (unpaired) electrons. The summed E-state index contributed by atoms with van der Waals surface area (Å²) >= 11 is 12.2. The Balaban J connectivity index is 2.20. The van der Waals surface area contributed by atoms with Gasteiger partial charge in [0.25, 0.3) is 5.91 Å². The van der Waals surface area contributed by atoms with Crippen LogP contribution in [0.25, 0.3) is 16.8 Å². The van der Waals surface area contributed by atoms with E-state index >= 15 is 0 Å². The largest absolute Gasteiger partial charge is 0.347 e. The van der Waals surface area contributed by atoms with Crippen molar-refractivity contribution in [3.8, 4) is 11.3 Å². The molecule has 0 atom stereocenters. The number of rotatable bonds is 3. The lowest BCUT2D eigenvalue weighted by molar-refractivity contribution is 0.0932. The second-order valence-corrected chi connectivity index (χ2v) is 6.40. The lowest BCUT2D eigenvalue weighted by atomic mass is 10.1. The van der Waals surface area contributed by atoms with Gasteiger partial charge < -0.3 is 5.32 Å². The van der Waals surface area contributed by atoms with Crippen molar-refractivity contribution in [1.29, 1.82) is 0 Å².